The zero-order valence-corrected chi connectivity index (χ0v) is 16.0. The third-order valence-corrected chi connectivity index (χ3v) is 4.03. The number of anilines is 2. The van der Waals surface area contributed by atoms with Crippen molar-refractivity contribution in [2.24, 2.45) is 0 Å². The minimum Gasteiger partial charge on any atom is -0.369 e. The maximum Gasteiger partial charge on any atom is 0.225 e. The molecule has 6 heteroatoms. The molecule has 0 bridgehead atoms. The van der Waals surface area contributed by atoms with E-state index < -0.39 is 0 Å². The lowest BCUT2D eigenvalue weighted by Crippen LogP contribution is -2.40. The van der Waals surface area contributed by atoms with Crippen molar-refractivity contribution < 1.29 is 0 Å². The molecule has 2 aromatic rings. The Balaban J connectivity index is 1.92. The van der Waals surface area contributed by atoms with Crippen LogP contribution in [0.15, 0.2) is 30.6 Å². The van der Waals surface area contributed by atoms with Crippen LogP contribution in [0.1, 0.15) is 39.0 Å². The third kappa shape index (κ3) is 6.31. The van der Waals surface area contributed by atoms with Crippen LogP contribution in [0.25, 0.3) is 0 Å². The van der Waals surface area contributed by atoms with Crippen LogP contribution in [0.3, 0.4) is 0 Å². The van der Waals surface area contributed by atoms with Crippen LogP contribution in [0.5, 0.6) is 0 Å². The number of rotatable bonds is 9. The average molecular weight is 342 g/mol. The van der Waals surface area contributed by atoms with E-state index in [1.807, 2.05) is 31.3 Å². The highest BCUT2D eigenvalue weighted by Gasteiger charge is 2.12. The predicted molar refractivity (Wildman–Crippen MR) is 104 cm³/mol. The molecule has 0 aliphatic heterocycles. The van der Waals surface area contributed by atoms with E-state index in [0.717, 1.165) is 30.2 Å². The van der Waals surface area contributed by atoms with E-state index in [9.17, 15) is 0 Å². The van der Waals surface area contributed by atoms with Gasteiger partial charge in [0.15, 0.2) is 0 Å². The minimum absolute atomic E-state index is 0.533. The lowest BCUT2D eigenvalue weighted by atomic mass is 10.2. The second-order valence-corrected chi connectivity index (χ2v) is 6.79. The van der Waals surface area contributed by atoms with Gasteiger partial charge in [-0.25, -0.2) is 4.98 Å². The fourth-order valence-corrected chi connectivity index (χ4v) is 2.85. The van der Waals surface area contributed by atoms with Gasteiger partial charge in [0.1, 0.15) is 5.82 Å². The SMILES string of the molecule is Cc1cc(NCCN(C(C)C)C(C)C)nc(NCc2cccnc2)n1. The van der Waals surface area contributed by atoms with E-state index in [4.69, 9.17) is 0 Å². The Labute approximate surface area is 151 Å². The van der Waals surface area contributed by atoms with Gasteiger partial charge in [0, 0.05) is 55.9 Å². The standard InChI is InChI=1S/C19H30N6/c1-14(2)25(15(3)4)10-9-21-18-11-16(5)23-19(24-18)22-13-17-7-6-8-20-12-17/h6-8,11-12,14-15H,9-10,13H2,1-5H3,(H2,21,22,23,24). The van der Waals surface area contributed by atoms with Gasteiger partial charge < -0.3 is 10.6 Å². The highest BCUT2D eigenvalue weighted by molar-refractivity contribution is 5.42. The van der Waals surface area contributed by atoms with Crippen LogP contribution in [-0.2, 0) is 6.54 Å². The molecule has 2 aromatic heterocycles. The fourth-order valence-electron chi connectivity index (χ4n) is 2.85. The van der Waals surface area contributed by atoms with Gasteiger partial charge in [-0.05, 0) is 46.2 Å². The number of aromatic nitrogens is 3. The Morgan fingerprint density at radius 2 is 1.84 bits per heavy atom. The quantitative estimate of drug-likeness (QED) is 0.729. The lowest BCUT2D eigenvalue weighted by Gasteiger charge is -2.30. The Morgan fingerprint density at radius 1 is 1.08 bits per heavy atom. The number of hydrogen-bond acceptors (Lipinski definition) is 6. The van der Waals surface area contributed by atoms with Crippen molar-refractivity contribution >= 4 is 11.8 Å². The predicted octanol–water partition coefficient (Wildman–Crippen LogP) is 3.32. The van der Waals surface area contributed by atoms with Crippen LogP contribution >= 0.6 is 0 Å². The summed E-state index contributed by atoms with van der Waals surface area (Å²) in [5, 5.41) is 6.68. The molecule has 0 aliphatic rings. The van der Waals surface area contributed by atoms with Gasteiger partial charge in [0.25, 0.3) is 0 Å². The van der Waals surface area contributed by atoms with Gasteiger partial charge in [0.2, 0.25) is 5.95 Å². The fraction of sp³-hybridized carbons (Fsp3) is 0.526. The number of nitrogens with one attached hydrogen (secondary N) is 2. The molecular weight excluding hydrogens is 312 g/mol. The molecule has 0 spiro atoms. The molecule has 0 atom stereocenters. The Kier molecular flexibility index (Phi) is 7.13. The monoisotopic (exact) mass is 342 g/mol. The summed E-state index contributed by atoms with van der Waals surface area (Å²) in [6.07, 6.45) is 3.61. The third-order valence-electron chi connectivity index (χ3n) is 4.03. The molecule has 0 saturated heterocycles. The number of hydrogen-bond donors (Lipinski definition) is 2. The first-order valence-corrected chi connectivity index (χ1v) is 8.93. The Bertz CT molecular complexity index is 634. The van der Waals surface area contributed by atoms with Crippen LogP contribution < -0.4 is 10.6 Å². The summed E-state index contributed by atoms with van der Waals surface area (Å²) in [4.78, 5) is 15.6. The molecule has 25 heavy (non-hydrogen) atoms. The van der Waals surface area contributed by atoms with Crippen LogP contribution in [0, 0.1) is 6.92 Å². The smallest absolute Gasteiger partial charge is 0.225 e. The topological polar surface area (TPSA) is 66.0 Å². The molecule has 0 fully saturated rings. The van der Waals surface area contributed by atoms with Crippen LogP contribution in [-0.4, -0.2) is 45.0 Å². The highest BCUT2D eigenvalue weighted by Crippen LogP contribution is 2.11. The molecule has 0 unspecified atom stereocenters. The van der Waals surface area contributed by atoms with Crippen molar-refractivity contribution in [1.82, 2.24) is 19.9 Å². The molecular formula is C19H30N6. The van der Waals surface area contributed by atoms with Gasteiger partial charge >= 0.3 is 0 Å². The zero-order valence-electron chi connectivity index (χ0n) is 16.0. The number of pyridine rings is 1. The maximum absolute atomic E-state index is 4.56. The molecule has 6 nitrogen and oxygen atoms in total. The van der Waals surface area contributed by atoms with Crippen molar-refractivity contribution in [2.45, 2.75) is 53.2 Å². The van der Waals surface area contributed by atoms with E-state index in [1.54, 1.807) is 6.20 Å². The second kappa shape index (κ2) is 9.32. The lowest BCUT2D eigenvalue weighted by molar-refractivity contribution is 0.182. The maximum atomic E-state index is 4.56. The summed E-state index contributed by atoms with van der Waals surface area (Å²) in [5.41, 5.74) is 2.04. The molecule has 0 radical (unpaired) electrons. The molecule has 136 valence electrons. The largest absolute Gasteiger partial charge is 0.369 e. The summed E-state index contributed by atoms with van der Waals surface area (Å²) in [7, 11) is 0. The van der Waals surface area contributed by atoms with Gasteiger partial charge in [-0.15, -0.1) is 0 Å². The molecule has 0 amide bonds. The van der Waals surface area contributed by atoms with E-state index in [2.05, 4.69) is 58.2 Å². The van der Waals surface area contributed by atoms with Crippen LogP contribution in [0.4, 0.5) is 11.8 Å². The van der Waals surface area contributed by atoms with Gasteiger partial charge in [-0.1, -0.05) is 6.07 Å². The first kappa shape index (κ1) is 19.1. The molecule has 2 rings (SSSR count). The van der Waals surface area contributed by atoms with Crippen molar-refractivity contribution in [1.29, 1.82) is 0 Å². The summed E-state index contributed by atoms with van der Waals surface area (Å²) in [5.74, 6) is 1.49. The van der Waals surface area contributed by atoms with E-state index in [1.165, 1.54) is 0 Å². The average Bonchev–Trinajstić information content (AvgIpc) is 2.57. The van der Waals surface area contributed by atoms with E-state index >= 15 is 0 Å². The molecule has 0 aromatic carbocycles. The van der Waals surface area contributed by atoms with Crippen LogP contribution in [0.2, 0.25) is 0 Å². The van der Waals surface area contributed by atoms with E-state index in [-0.39, 0.29) is 0 Å². The second-order valence-electron chi connectivity index (χ2n) is 6.79. The Morgan fingerprint density at radius 3 is 2.48 bits per heavy atom. The van der Waals surface area contributed by atoms with Gasteiger partial charge in [-0.2, -0.15) is 4.98 Å². The summed E-state index contributed by atoms with van der Waals surface area (Å²) < 4.78 is 0. The number of aryl methyl sites for hydroxylation is 1. The van der Waals surface area contributed by atoms with Crippen molar-refractivity contribution in [3.05, 3.63) is 41.9 Å². The van der Waals surface area contributed by atoms with E-state index in [0.29, 0.717) is 24.6 Å². The first-order valence-electron chi connectivity index (χ1n) is 8.93. The Hall–Kier alpha value is -2.21. The van der Waals surface area contributed by atoms with Crippen molar-refractivity contribution in [3.63, 3.8) is 0 Å². The molecule has 2 heterocycles. The van der Waals surface area contributed by atoms with Crippen molar-refractivity contribution in [3.8, 4) is 0 Å². The zero-order chi connectivity index (χ0) is 18.2. The normalized spacial score (nSPS) is 11.4. The molecule has 0 aliphatic carbocycles. The first-order chi connectivity index (χ1) is 12.0. The number of nitrogens with zero attached hydrogens (tertiary/aromatic N) is 4. The minimum atomic E-state index is 0.533. The van der Waals surface area contributed by atoms with Gasteiger partial charge in [-0.3, -0.25) is 9.88 Å². The molecule has 2 N–H and O–H groups in total. The summed E-state index contributed by atoms with van der Waals surface area (Å²) in [6.45, 7) is 13.4. The van der Waals surface area contributed by atoms with Crippen molar-refractivity contribution in [2.75, 3.05) is 23.7 Å². The highest BCUT2D eigenvalue weighted by atomic mass is 15.2. The summed E-state index contributed by atoms with van der Waals surface area (Å²) >= 11 is 0. The van der Waals surface area contributed by atoms with Gasteiger partial charge in [0.05, 0.1) is 0 Å². The summed E-state index contributed by atoms with van der Waals surface area (Å²) in [6, 6.07) is 7.00. The molecule has 0 saturated carbocycles.